The third kappa shape index (κ3) is 5.73. The van der Waals surface area contributed by atoms with Gasteiger partial charge in [-0.1, -0.05) is 52.9 Å². The molecule has 1 rings (SSSR count). The Hall–Kier alpha value is -0.0400. The molecule has 0 amide bonds. The fourth-order valence-corrected chi connectivity index (χ4v) is 3.64. The summed E-state index contributed by atoms with van der Waals surface area (Å²) < 4.78 is 0. The largest absolute Gasteiger partial charge is 0.314 e. The fourth-order valence-electron chi connectivity index (χ4n) is 3.64. The van der Waals surface area contributed by atoms with E-state index in [4.69, 9.17) is 0 Å². The molecule has 0 aromatic heterocycles. The van der Waals surface area contributed by atoms with E-state index in [1.165, 1.54) is 64.3 Å². The number of hydrogen-bond acceptors (Lipinski definition) is 1. The molecule has 0 aliphatic heterocycles. The van der Waals surface area contributed by atoms with Crippen molar-refractivity contribution in [2.24, 2.45) is 11.3 Å². The molecule has 1 N–H and O–H groups in total. The summed E-state index contributed by atoms with van der Waals surface area (Å²) in [5, 5.41) is 3.83. The SMILES string of the molecule is CCCCCC(C)NCC1(CC(C)C)CCCC1. The summed E-state index contributed by atoms with van der Waals surface area (Å²) in [7, 11) is 0. The molecule has 1 saturated carbocycles. The quantitative estimate of drug-likeness (QED) is 0.560. The van der Waals surface area contributed by atoms with Crippen molar-refractivity contribution < 1.29 is 0 Å². The minimum atomic E-state index is 0.632. The molecule has 1 fully saturated rings. The van der Waals surface area contributed by atoms with Crippen LogP contribution < -0.4 is 5.32 Å². The molecule has 1 aliphatic carbocycles. The van der Waals surface area contributed by atoms with Crippen molar-refractivity contribution in [2.75, 3.05) is 6.54 Å². The third-order valence-corrected chi connectivity index (χ3v) is 4.57. The summed E-state index contributed by atoms with van der Waals surface area (Å²) in [5.74, 6) is 0.847. The van der Waals surface area contributed by atoms with Crippen LogP contribution in [0, 0.1) is 11.3 Å². The molecule has 0 aromatic carbocycles. The lowest BCUT2D eigenvalue weighted by atomic mass is 9.78. The van der Waals surface area contributed by atoms with Gasteiger partial charge in [0, 0.05) is 12.6 Å². The Labute approximate surface area is 115 Å². The third-order valence-electron chi connectivity index (χ3n) is 4.57. The van der Waals surface area contributed by atoms with Crippen molar-refractivity contribution in [1.29, 1.82) is 0 Å². The Morgan fingerprint density at radius 3 is 2.28 bits per heavy atom. The minimum absolute atomic E-state index is 0.632. The molecule has 1 nitrogen and oxygen atoms in total. The van der Waals surface area contributed by atoms with E-state index in [9.17, 15) is 0 Å². The summed E-state index contributed by atoms with van der Waals surface area (Å²) in [6, 6.07) is 0.709. The molecule has 1 atom stereocenters. The smallest absolute Gasteiger partial charge is 0.00389 e. The molecular weight excluding hydrogens is 218 g/mol. The lowest BCUT2D eigenvalue weighted by molar-refractivity contribution is 0.214. The van der Waals surface area contributed by atoms with E-state index >= 15 is 0 Å². The summed E-state index contributed by atoms with van der Waals surface area (Å²) in [6.45, 7) is 10.7. The Morgan fingerprint density at radius 2 is 1.72 bits per heavy atom. The molecule has 0 radical (unpaired) electrons. The Bertz CT molecular complexity index is 204. The molecular formula is C17H35N. The molecule has 0 aromatic rings. The second-order valence-corrected chi connectivity index (χ2v) is 7.08. The van der Waals surface area contributed by atoms with E-state index in [-0.39, 0.29) is 0 Å². The van der Waals surface area contributed by atoms with Crippen LogP contribution in [0.4, 0.5) is 0 Å². The summed E-state index contributed by atoms with van der Waals surface area (Å²) in [6.07, 6.45) is 12.7. The zero-order chi connectivity index (χ0) is 13.4. The van der Waals surface area contributed by atoms with Gasteiger partial charge < -0.3 is 5.32 Å². The number of nitrogens with one attached hydrogen (secondary N) is 1. The van der Waals surface area contributed by atoms with Crippen molar-refractivity contribution >= 4 is 0 Å². The fraction of sp³-hybridized carbons (Fsp3) is 1.00. The first-order valence-corrected chi connectivity index (χ1v) is 8.31. The number of rotatable bonds is 9. The molecule has 18 heavy (non-hydrogen) atoms. The molecule has 1 unspecified atom stereocenters. The maximum absolute atomic E-state index is 3.83. The van der Waals surface area contributed by atoms with Gasteiger partial charge in [0.05, 0.1) is 0 Å². The van der Waals surface area contributed by atoms with E-state index in [2.05, 4.69) is 33.0 Å². The van der Waals surface area contributed by atoms with E-state index in [0.29, 0.717) is 11.5 Å². The summed E-state index contributed by atoms with van der Waals surface area (Å²) in [4.78, 5) is 0. The van der Waals surface area contributed by atoms with Crippen LogP contribution in [0.5, 0.6) is 0 Å². The first-order valence-electron chi connectivity index (χ1n) is 8.31. The average molecular weight is 253 g/mol. The van der Waals surface area contributed by atoms with Crippen molar-refractivity contribution in [3.63, 3.8) is 0 Å². The molecule has 0 spiro atoms. The molecule has 108 valence electrons. The molecule has 0 saturated heterocycles. The van der Waals surface area contributed by atoms with E-state index in [1.807, 2.05) is 0 Å². The first-order chi connectivity index (χ1) is 8.58. The second kappa shape index (κ2) is 8.19. The molecule has 0 bridgehead atoms. The molecule has 1 heteroatoms. The van der Waals surface area contributed by atoms with Crippen molar-refractivity contribution in [3.8, 4) is 0 Å². The average Bonchev–Trinajstić information content (AvgIpc) is 2.75. The number of unbranched alkanes of at least 4 members (excludes halogenated alkanes) is 2. The van der Waals surface area contributed by atoms with Crippen LogP contribution >= 0.6 is 0 Å². The predicted octanol–water partition coefficient (Wildman–Crippen LogP) is 5.15. The maximum Gasteiger partial charge on any atom is 0.00389 e. The van der Waals surface area contributed by atoms with Gasteiger partial charge in [-0.05, 0) is 43.9 Å². The van der Waals surface area contributed by atoms with Crippen molar-refractivity contribution in [2.45, 2.75) is 91.5 Å². The van der Waals surface area contributed by atoms with Crippen LogP contribution in [-0.2, 0) is 0 Å². The van der Waals surface area contributed by atoms with E-state index in [1.54, 1.807) is 0 Å². The second-order valence-electron chi connectivity index (χ2n) is 7.08. The van der Waals surface area contributed by atoms with Gasteiger partial charge in [-0.3, -0.25) is 0 Å². The minimum Gasteiger partial charge on any atom is -0.314 e. The normalized spacial score (nSPS) is 20.5. The van der Waals surface area contributed by atoms with Crippen LogP contribution in [0.1, 0.15) is 85.5 Å². The standard InChI is InChI=1S/C17H35N/c1-5-6-7-10-16(4)18-14-17(13-15(2)3)11-8-9-12-17/h15-16,18H,5-14H2,1-4H3. The van der Waals surface area contributed by atoms with Gasteiger partial charge in [0.1, 0.15) is 0 Å². The highest BCUT2D eigenvalue weighted by molar-refractivity contribution is 4.88. The lowest BCUT2D eigenvalue weighted by Crippen LogP contribution is -2.38. The van der Waals surface area contributed by atoms with Crippen LogP contribution in [0.25, 0.3) is 0 Å². The van der Waals surface area contributed by atoms with Crippen molar-refractivity contribution in [1.82, 2.24) is 5.32 Å². The van der Waals surface area contributed by atoms with Gasteiger partial charge in [0.2, 0.25) is 0 Å². The maximum atomic E-state index is 3.83. The van der Waals surface area contributed by atoms with Gasteiger partial charge in [0.15, 0.2) is 0 Å². The van der Waals surface area contributed by atoms with Crippen LogP contribution in [-0.4, -0.2) is 12.6 Å². The predicted molar refractivity (Wildman–Crippen MR) is 82.0 cm³/mol. The van der Waals surface area contributed by atoms with Gasteiger partial charge in [-0.25, -0.2) is 0 Å². The first kappa shape index (κ1) is 16.0. The van der Waals surface area contributed by atoms with Gasteiger partial charge >= 0.3 is 0 Å². The van der Waals surface area contributed by atoms with E-state index in [0.717, 1.165) is 5.92 Å². The van der Waals surface area contributed by atoms with Gasteiger partial charge in [0.25, 0.3) is 0 Å². The monoisotopic (exact) mass is 253 g/mol. The highest BCUT2D eigenvalue weighted by Crippen LogP contribution is 2.42. The van der Waals surface area contributed by atoms with Crippen LogP contribution in [0.3, 0.4) is 0 Å². The Kier molecular flexibility index (Phi) is 7.29. The van der Waals surface area contributed by atoms with Gasteiger partial charge in [-0.2, -0.15) is 0 Å². The zero-order valence-corrected chi connectivity index (χ0v) is 13.2. The molecule has 1 aliphatic rings. The zero-order valence-electron chi connectivity index (χ0n) is 13.2. The highest BCUT2D eigenvalue weighted by Gasteiger charge is 2.34. The van der Waals surface area contributed by atoms with Crippen LogP contribution in [0.2, 0.25) is 0 Å². The topological polar surface area (TPSA) is 12.0 Å². The summed E-state index contributed by atoms with van der Waals surface area (Å²) in [5.41, 5.74) is 0.632. The lowest BCUT2D eigenvalue weighted by Gasteiger charge is -2.32. The Morgan fingerprint density at radius 1 is 1.06 bits per heavy atom. The molecule has 0 heterocycles. The Balaban J connectivity index is 2.29. The van der Waals surface area contributed by atoms with E-state index < -0.39 is 0 Å². The van der Waals surface area contributed by atoms with Gasteiger partial charge in [-0.15, -0.1) is 0 Å². The van der Waals surface area contributed by atoms with Crippen LogP contribution in [0.15, 0.2) is 0 Å². The summed E-state index contributed by atoms with van der Waals surface area (Å²) >= 11 is 0. The number of hydrogen-bond donors (Lipinski definition) is 1. The van der Waals surface area contributed by atoms with Crippen molar-refractivity contribution in [3.05, 3.63) is 0 Å². The highest BCUT2D eigenvalue weighted by atomic mass is 14.9.